The first-order valence-electron chi connectivity index (χ1n) is 6.87. The van der Waals surface area contributed by atoms with Gasteiger partial charge in [-0.05, 0) is 19.9 Å². The first kappa shape index (κ1) is 18.4. The second-order valence-corrected chi connectivity index (χ2v) is 7.45. The maximum absolute atomic E-state index is 14.0. The molecule has 0 aliphatic carbocycles. The predicted molar refractivity (Wildman–Crippen MR) is 80.1 cm³/mol. The normalized spacial score (nSPS) is 17.2. The minimum Gasteiger partial charge on any atom is -0.385 e. The molecule has 0 aliphatic rings. The summed E-state index contributed by atoms with van der Waals surface area (Å²) in [7, 11) is -3.93. The summed E-state index contributed by atoms with van der Waals surface area (Å²) in [6, 6.07) is 2.72. The minimum atomic E-state index is -3.93. The van der Waals surface area contributed by atoms with Crippen molar-refractivity contribution in [3.63, 3.8) is 0 Å². The van der Waals surface area contributed by atoms with Gasteiger partial charge in [-0.25, -0.2) is 22.6 Å². The first-order chi connectivity index (χ1) is 10.9. The molecule has 0 aliphatic heterocycles. The molecule has 2 aromatic rings. The van der Waals surface area contributed by atoms with E-state index in [0.717, 1.165) is 29.4 Å². The molecule has 1 N–H and O–H groups in total. The number of halogens is 2. The van der Waals surface area contributed by atoms with Gasteiger partial charge < -0.3 is 5.11 Å². The summed E-state index contributed by atoms with van der Waals surface area (Å²) < 4.78 is 56.4. The van der Waals surface area contributed by atoms with Gasteiger partial charge in [0.1, 0.15) is 24.3 Å². The van der Waals surface area contributed by atoms with Crippen LogP contribution >= 0.6 is 0 Å². The quantitative estimate of drug-likeness (QED) is 0.784. The van der Waals surface area contributed by atoms with Crippen LogP contribution in [-0.4, -0.2) is 34.5 Å². The molecular formula is C14H17F2N3O4S. The van der Waals surface area contributed by atoms with Crippen molar-refractivity contribution in [2.75, 3.05) is 6.26 Å². The molecular weight excluding hydrogens is 344 g/mol. The molecule has 0 amide bonds. The Bertz CT molecular complexity index is 825. The standard InChI is InChI=1S/C14H17F2N3O4S/c1-13(20,11-5-4-10(15)6-12(11)16)7-14(2,23-24(3,21)22)19-9-17-8-18-19/h4-6,8-9,20H,7H2,1-3H3. The van der Waals surface area contributed by atoms with E-state index in [4.69, 9.17) is 4.18 Å². The zero-order valence-corrected chi connectivity index (χ0v) is 14.1. The molecule has 1 aromatic heterocycles. The minimum absolute atomic E-state index is 0.202. The zero-order chi connectivity index (χ0) is 18.2. The molecule has 1 aromatic carbocycles. The maximum Gasteiger partial charge on any atom is 0.266 e. The first-order valence-corrected chi connectivity index (χ1v) is 8.68. The number of hydrogen-bond donors (Lipinski definition) is 1. The van der Waals surface area contributed by atoms with E-state index in [1.807, 2.05) is 0 Å². The van der Waals surface area contributed by atoms with E-state index in [2.05, 4.69) is 10.1 Å². The van der Waals surface area contributed by atoms with Gasteiger partial charge in [-0.15, -0.1) is 0 Å². The zero-order valence-electron chi connectivity index (χ0n) is 13.3. The predicted octanol–water partition coefficient (Wildman–Crippen LogP) is 1.50. The van der Waals surface area contributed by atoms with Gasteiger partial charge in [0.2, 0.25) is 0 Å². The molecule has 0 fully saturated rings. The molecule has 132 valence electrons. The third-order valence-corrected chi connectivity index (χ3v) is 4.08. The summed E-state index contributed by atoms with van der Waals surface area (Å²) in [5, 5.41) is 14.5. The Hall–Kier alpha value is -1.91. The Morgan fingerprint density at radius 2 is 2.00 bits per heavy atom. The molecule has 0 bridgehead atoms. The fraction of sp³-hybridized carbons (Fsp3) is 0.429. The molecule has 0 spiro atoms. The monoisotopic (exact) mass is 361 g/mol. The van der Waals surface area contributed by atoms with Crippen molar-refractivity contribution in [3.8, 4) is 0 Å². The van der Waals surface area contributed by atoms with Gasteiger partial charge in [0, 0.05) is 18.1 Å². The van der Waals surface area contributed by atoms with E-state index in [1.54, 1.807) is 0 Å². The summed E-state index contributed by atoms with van der Waals surface area (Å²) in [5.41, 5.74) is -3.75. The van der Waals surface area contributed by atoms with Crippen molar-refractivity contribution >= 4 is 10.1 Å². The highest BCUT2D eigenvalue weighted by molar-refractivity contribution is 7.86. The highest BCUT2D eigenvalue weighted by atomic mass is 32.2. The van der Waals surface area contributed by atoms with E-state index in [1.165, 1.54) is 20.2 Å². The van der Waals surface area contributed by atoms with Gasteiger partial charge >= 0.3 is 0 Å². The SMILES string of the molecule is CC(O)(CC(C)(OS(C)(=O)=O)n1cncn1)c1ccc(F)cc1F. The summed E-state index contributed by atoms with van der Waals surface area (Å²) >= 11 is 0. The van der Waals surface area contributed by atoms with Crippen LogP contribution in [0.1, 0.15) is 25.8 Å². The molecule has 2 rings (SSSR count). The largest absolute Gasteiger partial charge is 0.385 e. The van der Waals surface area contributed by atoms with Crippen molar-refractivity contribution in [2.45, 2.75) is 31.6 Å². The van der Waals surface area contributed by atoms with Crippen LogP contribution in [0.3, 0.4) is 0 Å². The second-order valence-electron chi connectivity index (χ2n) is 5.88. The molecule has 0 saturated heterocycles. The molecule has 10 heteroatoms. The van der Waals surface area contributed by atoms with Crippen LogP contribution < -0.4 is 0 Å². The van der Waals surface area contributed by atoms with Gasteiger partial charge in [0.25, 0.3) is 10.1 Å². The molecule has 7 nitrogen and oxygen atoms in total. The number of aromatic nitrogens is 3. The lowest BCUT2D eigenvalue weighted by molar-refractivity contribution is -0.0825. The molecule has 2 unspecified atom stereocenters. The molecule has 1 heterocycles. The number of nitrogens with zero attached hydrogens (tertiary/aromatic N) is 3. The van der Waals surface area contributed by atoms with Crippen LogP contribution in [0.5, 0.6) is 0 Å². The lowest BCUT2D eigenvalue weighted by atomic mass is 9.87. The third-order valence-electron chi connectivity index (χ3n) is 3.42. The van der Waals surface area contributed by atoms with E-state index in [-0.39, 0.29) is 12.0 Å². The number of aliphatic hydroxyl groups is 1. The molecule has 24 heavy (non-hydrogen) atoms. The smallest absolute Gasteiger partial charge is 0.266 e. The van der Waals surface area contributed by atoms with Crippen molar-refractivity contribution in [2.24, 2.45) is 0 Å². The van der Waals surface area contributed by atoms with Crippen molar-refractivity contribution in [1.82, 2.24) is 14.8 Å². The summed E-state index contributed by atoms with van der Waals surface area (Å²) in [6.45, 7) is 2.63. The third kappa shape index (κ3) is 4.13. The average molecular weight is 361 g/mol. The Kier molecular flexibility index (Phi) is 4.75. The van der Waals surface area contributed by atoms with Crippen molar-refractivity contribution in [1.29, 1.82) is 0 Å². The van der Waals surface area contributed by atoms with E-state index < -0.39 is 33.1 Å². The topological polar surface area (TPSA) is 94.3 Å². The van der Waals surface area contributed by atoms with Gasteiger partial charge in [-0.1, -0.05) is 6.07 Å². The second kappa shape index (κ2) is 6.19. The van der Waals surface area contributed by atoms with Gasteiger partial charge in [-0.3, -0.25) is 0 Å². The Labute approximate surface area is 138 Å². The van der Waals surface area contributed by atoms with Crippen LogP contribution in [0.15, 0.2) is 30.9 Å². The lowest BCUT2D eigenvalue weighted by Gasteiger charge is -2.35. The number of rotatable bonds is 6. The highest BCUT2D eigenvalue weighted by Crippen LogP contribution is 2.36. The number of benzene rings is 1. The Balaban J connectivity index is 2.45. The van der Waals surface area contributed by atoms with E-state index in [0.29, 0.717) is 6.07 Å². The molecule has 0 saturated carbocycles. The van der Waals surface area contributed by atoms with E-state index >= 15 is 0 Å². The lowest BCUT2D eigenvalue weighted by Crippen LogP contribution is -2.42. The fourth-order valence-corrected chi connectivity index (χ4v) is 3.37. The Morgan fingerprint density at radius 1 is 1.33 bits per heavy atom. The summed E-state index contributed by atoms with van der Waals surface area (Å²) in [4.78, 5) is 3.72. The van der Waals surface area contributed by atoms with E-state index in [9.17, 15) is 22.3 Å². The highest BCUT2D eigenvalue weighted by Gasteiger charge is 2.42. The summed E-state index contributed by atoms with van der Waals surface area (Å²) in [6.07, 6.45) is 2.83. The van der Waals surface area contributed by atoms with Crippen molar-refractivity contribution < 1.29 is 26.5 Å². The van der Waals surface area contributed by atoms with Gasteiger partial charge in [-0.2, -0.15) is 13.5 Å². The molecule has 0 radical (unpaired) electrons. The van der Waals surface area contributed by atoms with Crippen LogP contribution in [0, 0.1) is 11.6 Å². The van der Waals surface area contributed by atoms with Crippen LogP contribution in [0.25, 0.3) is 0 Å². The number of hydrogen-bond acceptors (Lipinski definition) is 6. The van der Waals surface area contributed by atoms with Gasteiger partial charge in [0.15, 0.2) is 5.72 Å². The summed E-state index contributed by atoms with van der Waals surface area (Å²) in [5.74, 6) is -1.75. The van der Waals surface area contributed by atoms with Gasteiger partial charge in [0.05, 0.1) is 11.9 Å². The Morgan fingerprint density at radius 3 is 2.50 bits per heavy atom. The molecule has 2 atom stereocenters. The van der Waals surface area contributed by atoms with Crippen LogP contribution in [0.2, 0.25) is 0 Å². The van der Waals surface area contributed by atoms with Crippen LogP contribution in [0.4, 0.5) is 8.78 Å². The van der Waals surface area contributed by atoms with Crippen molar-refractivity contribution in [3.05, 3.63) is 48.1 Å². The fourth-order valence-electron chi connectivity index (χ4n) is 2.59. The maximum atomic E-state index is 14.0. The van der Waals surface area contributed by atoms with Crippen LogP contribution in [-0.2, 0) is 25.6 Å². The average Bonchev–Trinajstić information content (AvgIpc) is 2.89.